The summed E-state index contributed by atoms with van der Waals surface area (Å²) in [4.78, 5) is 14.6. The van der Waals surface area contributed by atoms with Gasteiger partial charge in [0.2, 0.25) is 0 Å². The van der Waals surface area contributed by atoms with E-state index >= 15 is 0 Å². The molecule has 3 fully saturated rings. The maximum Gasteiger partial charge on any atom is 0.254 e. The van der Waals surface area contributed by atoms with Crippen molar-refractivity contribution in [3.63, 3.8) is 0 Å². The third-order valence-corrected chi connectivity index (χ3v) is 4.02. The van der Waals surface area contributed by atoms with Crippen molar-refractivity contribution in [2.45, 2.75) is 31.3 Å². The van der Waals surface area contributed by atoms with E-state index in [0.717, 1.165) is 39.1 Å². The molecule has 1 aliphatic carbocycles. The first-order valence-electron chi connectivity index (χ1n) is 6.75. The topological polar surface area (TPSA) is 38.8 Å². The van der Waals surface area contributed by atoms with Crippen LogP contribution in [0.4, 0.5) is 0 Å². The van der Waals surface area contributed by atoms with Crippen molar-refractivity contribution >= 4 is 5.91 Å². The van der Waals surface area contributed by atoms with Gasteiger partial charge < -0.3 is 10.2 Å². The highest BCUT2D eigenvalue weighted by Crippen LogP contribution is 2.23. The van der Waals surface area contributed by atoms with E-state index in [-0.39, 0.29) is 6.04 Å². The van der Waals surface area contributed by atoms with E-state index in [9.17, 15) is 4.79 Å². The van der Waals surface area contributed by atoms with E-state index in [1.54, 1.807) is 0 Å². The smallest absolute Gasteiger partial charge is 0.254 e. The zero-order valence-electron chi connectivity index (χ0n) is 10.6. The van der Waals surface area contributed by atoms with Crippen LogP contribution in [0.1, 0.15) is 19.3 Å². The quantitative estimate of drug-likeness (QED) is 0.719. The molecule has 1 unspecified atom stereocenters. The standard InChI is InChI=1S/C12H22N4O/c1-14-6-8-15(9-7-14)16-5-4-11(12(16)17)13-10-2-3-10/h10-11,13H,2-9H2,1H3. The van der Waals surface area contributed by atoms with Gasteiger partial charge in [-0.3, -0.25) is 9.80 Å². The molecule has 0 bridgehead atoms. The van der Waals surface area contributed by atoms with Gasteiger partial charge >= 0.3 is 0 Å². The molecule has 1 saturated carbocycles. The van der Waals surface area contributed by atoms with Crippen LogP contribution in [0.15, 0.2) is 0 Å². The van der Waals surface area contributed by atoms with Crippen LogP contribution in [0.3, 0.4) is 0 Å². The molecule has 17 heavy (non-hydrogen) atoms. The number of hydrazine groups is 1. The predicted octanol–water partition coefficient (Wildman–Crippen LogP) is -0.498. The minimum atomic E-state index is 0.0853. The summed E-state index contributed by atoms with van der Waals surface area (Å²) in [6.07, 6.45) is 3.47. The summed E-state index contributed by atoms with van der Waals surface area (Å²) < 4.78 is 0. The molecule has 0 radical (unpaired) electrons. The van der Waals surface area contributed by atoms with Gasteiger partial charge in [-0.05, 0) is 26.3 Å². The maximum absolute atomic E-state index is 12.3. The van der Waals surface area contributed by atoms with Gasteiger partial charge in [0.15, 0.2) is 0 Å². The lowest BCUT2D eigenvalue weighted by molar-refractivity contribution is -0.147. The van der Waals surface area contributed by atoms with Crippen LogP contribution in [0.2, 0.25) is 0 Å². The van der Waals surface area contributed by atoms with Gasteiger partial charge in [-0.25, -0.2) is 5.01 Å². The van der Waals surface area contributed by atoms with Crippen LogP contribution in [0.5, 0.6) is 0 Å². The molecular weight excluding hydrogens is 216 g/mol. The molecule has 3 aliphatic rings. The van der Waals surface area contributed by atoms with E-state index in [2.05, 4.69) is 22.3 Å². The minimum absolute atomic E-state index is 0.0853. The Morgan fingerprint density at radius 2 is 1.76 bits per heavy atom. The Labute approximate surface area is 103 Å². The van der Waals surface area contributed by atoms with Crippen molar-refractivity contribution in [3.8, 4) is 0 Å². The van der Waals surface area contributed by atoms with Crippen molar-refractivity contribution in [2.24, 2.45) is 0 Å². The molecule has 5 heteroatoms. The van der Waals surface area contributed by atoms with E-state index in [0.29, 0.717) is 11.9 Å². The molecule has 0 spiro atoms. The summed E-state index contributed by atoms with van der Waals surface area (Å²) in [5, 5.41) is 7.66. The zero-order valence-corrected chi connectivity index (χ0v) is 10.6. The van der Waals surface area contributed by atoms with Gasteiger partial charge in [0, 0.05) is 38.8 Å². The number of hydrogen-bond donors (Lipinski definition) is 1. The van der Waals surface area contributed by atoms with E-state index < -0.39 is 0 Å². The van der Waals surface area contributed by atoms with E-state index in [1.165, 1.54) is 12.8 Å². The lowest BCUT2D eigenvalue weighted by atomic mass is 10.2. The largest absolute Gasteiger partial charge is 0.304 e. The number of nitrogens with zero attached hydrogens (tertiary/aromatic N) is 3. The van der Waals surface area contributed by atoms with E-state index in [4.69, 9.17) is 0 Å². The Morgan fingerprint density at radius 1 is 1.06 bits per heavy atom. The Morgan fingerprint density at radius 3 is 2.41 bits per heavy atom. The van der Waals surface area contributed by atoms with Crippen LogP contribution >= 0.6 is 0 Å². The summed E-state index contributed by atoms with van der Waals surface area (Å²) in [6, 6.07) is 0.707. The molecule has 3 rings (SSSR count). The molecule has 0 aromatic heterocycles. The maximum atomic E-state index is 12.3. The fourth-order valence-corrected chi connectivity index (χ4v) is 2.67. The van der Waals surface area contributed by atoms with Gasteiger partial charge in [-0.2, -0.15) is 0 Å². The molecule has 1 amide bonds. The summed E-state index contributed by atoms with van der Waals surface area (Å²) in [7, 11) is 2.14. The van der Waals surface area contributed by atoms with Gasteiger partial charge in [0.25, 0.3) is 5.91 Å². The molecular formula is C12H22N4O. The van der Waals surface area contributed by atoms with Crippen molar-refractivity contribution < 1.29 is 4.79 Å². The number of piperazine rings is 1. The van der Waals surface area contributed by atoms with Gasteiger partial charge in [0.1, 0.15) is 0 Å². The Hall–Kier alpha value is -0.650. The number of carbonyl (C=O) groups excluding carboxylic acids is 1. The Bertz CT molecular complexity index is 297. The lowest BCUT2D eigenvalue weighted by Gasteiger charge is -2.38. The summed E-state index contributed by atoms with van der Waals surface area (Å²) in [5.74, 6) is 0.293. The summed E-state index contributed by atoms with van der Waals surface area (Å²) in [6.45, 7) is 4.98. The second kappa shape index (κ2) is 4.55. The molecule has 2 aliphatic heterocycles. The molecule has 2 saturated heterocycles. The van der Waals surface area contributed by atoms with Crippen LogP contribution in [0, 0.1) is 0 Å². The average molecular weight is 238 g/mol. The van der Waals surface area contributed by atoms with Crippen molar-refractivity contribution in [3.05, 3.63) is 0 Å². The molecule has 1 N–H and O–H groups in total. The zero-order chi connectivity index (χ0) is 11.8. The SMILES string of the molecule is CN1CCN(N2CCC(NC3CC3)C2=O)CC1. The average Bonchev–Trinajstić information content (AvgIpc) is 3.07. The first-order valence-corrected chi connectivity index (χ1v) is 6.75. The summed E-state index contributed by atoms with van der Waals surface area (Å²) in [5.41, 5.74) is 0. The number of nitrogens with one attached hydrogen (secondary N) is 1. The van der Waals surface area contributed by atoms with Crippen LogP contribution in [-0.2, 0) is 4.79 Å². The second-order valence-corrected chi connectivity index (χ2v) is 5.50. The number of hydrogen-bond acceptors (Lipinski definition) is 4. The molecule has 5 nitrogen and oxygen atoms in total. The molecule has 1 atom stereocenters. The molecule has 0 aromatic rings. The van der Waals surface area contributed by atoms with Crippen molar-refractivity contribution in [1.29, 1.82) is 0 Å². The van der Waals surface area contributed by atoms with Crippen molar-refractivity contribution in [2.75, 3.05) is 39.8 Å². The first-order chi connectivity index (χ1) is 8.24. The molecule has 96 valence electrons. The third kappa shape index (κ3) is 2.46. The number of amides is 1. The first kappa shape index (κ1) is 11.4. The van der Waals surface area contributed by atoms with Gasteiger partial charge in [-0.15, -0.1) is 0 Å². The number of likely N-dealkylation sites (N-methyl/N-ethyl adjacent to an activating group) is 1. The number of carbonyl (C=O) groups is 1. The van der Waals surface area contributed by atoms with Crippen molar-refractivity contribution in [1.82, 2.24) is 20.2 Å². The third-order valence-electron chi connectivity index (χ3n) is 4.02. The molecule has 0 aromatic carbocycles. The second-order valence-electron chi connectivity index (χ2n) is 5.50. The van der Waals surface area contributed by atoms with Gasteiger partial charge in [0.05, 0.1) is 6.04 Å². The Kier molecular flexibility index (Phi) is 3.06. The predicted molar refractivity (Wildman–Crippen MR) is 65.3 cm³/mol. The summed E-state index contributed by atoms with van der Waals surface area (Å²) >= 11 is 0. The Balaban J connectivity index is 1.55. The minimum Gasteiger partial charge on any atom is -0.304 e. The lowest BCUT2D eigenvalue weighted by Crippen LogP contribution is -2.54. The molecule has 2 heterocycles. The highest BCUT2D eigenvalue weighted by molar-refractivity contribution is 5.83. The normalized spacial score (nSPS) is 32.4. The van der Waals surface area contributed by atoms with Gasteiger partial charge in [-0.1, -0.05) is 0 Å². The van der Waals surface area contributed by atoms with Crippen LogP contribution in [0.25, 0.3) is 0 Å². The number of rotatable bonds is 3. The fourth-order valence-electron chi connectivity index (χ4n) is 2.67. The van der Waals surface area contributed by atoms with E-state index in [1.807, 2.05) is 5.01 Å². The highest BCUT2D eigenvalue weighted by atomic mass is 16.2. The monoisotopic (exact) mass is 238 g/mol. The van der Waals surface area contributed by atoms with Crippen LogP contribution in [-0.4, -0.2) is 72.7 Å². The highest BCUT2D eigenvalue weighted by Gasteiger charge is 2.38. The fraction of sp³-hybridized carbons (Fsp3) is 0.917. The van der Waals surface area contributed by atoms with Crippen LogP contribution < -0.4 is 5.32 Å².